The second-order valence-corrected chi connectivity index (χ2v) is 6.39. The van der Waals surface area contributed by atoms with Crippen molar-refractivity contribution in [1.82, 2.24) is 5.32 Å². The van der Waals surface area contributed by atoms with Crippen LogP contribution >= 0.6 is 0 Å². The molecule has 1 fully saturated rings. The van der Waals surface area contributed by atoms with Crippen LogP contribution in [0.1, 0.15) is 46.1 Å². The summed E-state index contributed by atoms with van der Waals surface area (Å²) in [4.78, 5) is 0. The molecule has 0 radical (unpaired) electrons. The highest BCUT2D eigenvalue weighted by Gasteiger charge is 2.44. The molecule has 106 valence electrons. The van der Waals surface area contributed by atoms with Gasteiger partial charge in [0.25, 0.3) is 0 Å². The predicted octanol–water partition coefficient (Wildman–Crippen LogP) is 4.00. The van der Waals surface area contributed by atoms with Gasteiger partial charge in [-0.15, -0.1) is 0 Å². The summed E-state index contributed by atoms with van der Waals surface area (Å²) >= 11 is 0. The Morgan fingerprint density at radius 3 is 2.42 bits per heavy atom. The van der Waals surface area contributed by atoms with Crippen LogP contribution in [0.15, 0.2) is 24.3 Å². The lowest BCUT2D eigenvalue weighted by atomic mass is 9.92. The van der Waals surface area contributed by atoms with Crippen molar-refractivity contribution >= 4 is 0 Å². The first-order chi connectivity index (χ1) is 9.03. The lowest BCUT2D eigenvalue weighted by Crippen LogP contribution is -2.27. The van der Waals surface area contributed by atoms with Crippen LogP contribution in [0.25, 0.3) is 0 Å². The van der Waals surface area contributed by atoms with E-state index < -0.39 is 0 Å². The normalized spacial score (nSPS) is 16.9. The fourth-order valence-corrected chi connectivity index (χ4v) is 2.58. The van der Waals surface area contributed by atoms with E-state index in [4.69, 9.17) is 4.74 Å². The molecule has 0 atom stereocenters. The zero-order valence-electron chi connectivity index (χ0n) is 12.7. The van der Waals surface area contributed by atoms with E-state index in [1.807, 2.05) is 6.07 Å². The maximum atomic E-state index is 5.85. The second kappa shape index (κ2) is 5.96. The maximum Gasteiger partial charge on any atom is 0.124 e. The fraction of sp³-hybridized carbons (Fsp3) is 0.647. The number of ether oxygens (including phenoxy) is 1. The SMILES string of the molecule is CC(C)Oc1ccccc1CNCC1(C(C)C)CC1. The Labute approximate surface area is 117 Å². The monoisotopic (exact) mass is 261 g/mol. The van der Waals surface area contributed by atoms with Gasteiger partial charge in [0.15, 0.2) is 0 Å². The molecule has 0 unspecified atom stereocenters. The highest BCUT2D eigenvalue weighted by atomic mass is 16.5. The highest BCUT2D eigenvalue weighted by molar-refractivity contribution is 5.33. The van der Waals surface area contributed by atoms with Crippen molar-refractivity contribution in [2.75, 3.05) is 6.54 Å². The van der Waals surface area contributed by atoms with E-state index in [1.165, 1.54) is 18.4 Å². The summed E-state index contributed by atoms with van der Waals surface area (Å²) in [7, 11) is 0. The smallest absolute Gasteiger partial charge is 0.124 e. The van der Waals surface area contributed by atoms with Crippen LogP contribution in [0.2, 0.25) is 0 Å². The van der Waals surface area contributed by atoms with Gasteiger partial charge in [-0.2, -0.15) is 0 Å². The Hall–Kier alpha value is -1.02. The number of benzene rings is 1. The van der Waals surface area contributed by atoms with Gasteiger partial charge >= 0.3 is 0 Å². The molecular formula is C17H27NO. The molecule has 0 heterocycles. The molecule has 1 aromatic carbocycles. The Morgan fingerprint density at radius 1 is 1.16 bits per heavy atom. The Morgan fingerprint density at radius 2 is 1.84 bits per heavy atom. The average molecular weight is 261 g/mol. The molecule has 0 saturated heterocycles. The topological polar surface area (TPSA) is 21.3 Å². The summed E-state index contributed by atoms with van der Waals surface area (Å²) in [6.07, 6.45) is 2.98. The van der Waals surface area contributed by atoms with Gasteiger partial charge in [0.05, 0.1) is 6.10 Å². The minimum atomic E-state index is 0.228. The summed E-state index contributed by atoms with van der Waals surface area (Å²) < 4.78 is 5.85. The fourth-order valence-electron chi connectivity index (χ4n) is 2.58. The molecule has 19 heavy (non-hydrogen) atoms. The molecule has 2 heteroatoms. The largest absolute Gasteiger partial charge is 0.491 e. The molecule has 1 aromatic rings. The molecule has 0 amide bonds. The van der Waals surface area contributed by atoms with Gasteiger partial charge in [-0.1, -0.05) is 32.0 Å². The van der Waals surface area contributed by atoms with Crippen LogP contribution in [-0.4, -0.2) is 12.6 Å². The van der Waals surface area contributed by atoms with E-state index in [9.17, 15) is 0 Å². The molecule has 0 aliphatic heterocycles. The molecule has 2 rings (SSSR count). The van der Waals surface area contributed by atoms with Crippen molar-refractivity contribution in [2.45, 2.75) is 53.2 Å². The summed E-state index contributed by atoms with van der Waals surface area (Å²) in [6.45, 7) is 10.8. The van der Waals surface area contributed by atoms with Crippen molar-refractivity contribution in [3.63, 3.8) is 0 Å². The van der Waals surface area contributed by atoms with Gasteiger partial charge in [0.1, 0.15) is 5.75 Å². The molecule has 2 nitrogen and oxygen atoms in total. The number of rotatable bonds is 7. The van der Waals surface area contributed by atoms with Crippen LogP contribution in [0.3, 0.4) is 0 Å². The Kier molecular flexibility index (Phi) is 4.51. The summed E-state index contributed by atoms with van der Waals surface area (Å²) in [5, 5.41) is 3.62. The van der Waals surface area contributed by atoms with Crippen molar-refractivity contribution < 1.29 is 4.74 Å². The molecule has 0 bridgehead atoms. The van der Waals surface area contributed by atoms with E-state index in [0.29, 0.717) is 5.41 Å². The highest BCUT2D eigenvalue weighted by Crippen LogP contribution is 2.51. The van der Waals surface area contributed by atoms with Crippen LogP contribution < -0.4 is 10.1 Å². The number of para-hydroxylation sites is 1. The lowest BCUT2D eigenvalue weighted by molar-refractivity contribution is 0.239. The molecular weight excluding hydrogens is 234 g/mol. The van der Waals surface area contributed by atoms with E-state index >= 15 is 0 Å². The summed E-state index contributed by atoms with van der Waals surface area (Å²) in [6, 6.07) is 8.34. The first kappa shape index (κ1) is 14.4. The zero-order chi connectivity index (χ0) is 13.9. The Balaban J connectivity index is 1.89. The molecule has 1 aliphatic carbocycles. The number of nitrogens with one attached hydrogen (secondary N) is 1. The third kappa shape index (κ3) is 3.73. The van der Waals surface area contributed by atoms with E-state index in [1.54, 1.807) is 0 Å². The molecule has 1 N–H and O–H groups in total. The minimum Gasteiger partial charge on any atom is -0.491 e. The lowest BCUT2D eigenvalue weighted by Gasteiger charge is -2.21. The van der Waals surface area contributed by atoms with E-state index in [2.05, 4.69) is 51.2 Å². The van der Waals surface area contributed by atoms with Gasteiger partial charge in [0, 0.05) is 18.7 Å². The predicted molar refractivity (Wildman–Crippen MR) is 80.4 cm³/mol. The molecule has 0 spiro atoms. The Bertz CT molecular complexity index is 407. The van der Waals surface area contributed by atoms with Gasteiger partial charge in [-0.25, -0.2) is 0 Å². The quantitative estimate of drug-likeness (QED) is 0.801. The third-order valence-electron chi connectivity index (χ3n) is 4.24. The number of hydrogen-bond acceptors (Lipinski definition) is 2. The van der Waals surface area contributed by atoms with E-state index in [-0.39, 0.29) is 6.10 Å². The van der Waals surface area contributed by atoms with Crippen molar-refractivity contribution in [2.24, 2.45) is 11.3 Å². The second-order valence-electron chi connectivity index (χ2n) is 6.39. The van der Waals surface area contributed by atoms with Crippen molar-refractivity contribution in [1.29, 1.82) is 0 Å². The van der Waals surface area contributed by atoms with Crippen LogP contribution in [0, 0.1) is 11.3 Å². The van der Waals surface area contributed by atoms with Crippen molar-refractivity contribution in [3.8, 4) is 5.75 Å². The first-order valence-electron chi connectivity index (χ1n) is 7.49. The minimum absolute atomic E-state index is 0.228. The maximum absolute atomic E-state index is 5.85. The molecule has 0 aromatic heterocycles. The third-order valence-corrected chi connectivity index (χ3v) is 4.24. The summed E-state index contributed by atoms with van der Waals surface area (Å²) in [5.74, 6) is 1.79. The van der Waals surface area contributed by atoms with Crippen LogP contribution in [0.5, 0.6) is 5.75 Å². The van der Waals surface area contributed by atoms with Gasteiger partial charge in [-0.3, -0.25) is 0 Å². The molecule has 1 saturated carbocycles. The van der Waals surface area contributed by atoms with Gasteiger partial charge < -0.3 is 10.1 Å². The zero-order valence-corrected chi connectivity index (χ0v) is 12.7. The van der Waals surface area contributed by atoms with E-state index in [0.717, 1.165) is 24.8 Å². The molecule has 1 aliphatic rings. The van der Waals surface area contributed by atoms with Crippen LogP contribution in [0.4, 0.5) is 0 Å². The van der Waals surface area contributed by atoms with Crippen LogP contribution in [-0.2, 0) is 6.54 Å². The summed E-state index contributed by atoms with van der Waals surface area (Å²) in [5.41, 5.74) is 1.82. The average Bonchev–Trinajstić information content (AvgIpc) is 3.12. The first-order valence-corrected chi connectivity index (χ1v) is 7.49. The van der Waals surface area contributed by atoms with Gasteiger partial charge in [-0.05, 0) is 44.1 Å². The van der Waals surface area contributed by atoms with Crippen molar-refractivity contribution in [3.05, 3.63) is 29.8 Å². The standard InChI is InChI=1S/C17H27NO/c1-13(2)17(9-10-17)12-18-11-15-7-5-6-8-16(15)19-14(3)4/h5-8,13-14,18H,9-12H2,1-4H3. The number of hydrogen-bond donors (Lipinski definition) is 1. The van der Waals surface area contributed by atoms with Gasteiger partial charge in [0.2, 0.25) is 0 Å².